The molecule has 1 aliphatic rings. The lowest BCUT2D eigenvalue weighted by molar-refractivity contribution is 0.170. The zero-order valence-corrected chi connectivity index (χ0v) is 14.2. The molecule has 2 heterocycles. The van der Waals surface area contributed by atoms with Crippen LogP contribution >= 0.6 is 0 Å². The summed E-state index contributed by atoms with van der Waals surface area (Å²) < 4.78 is 33.3. The van der Waals surface area contributed by atoms with Crippen LogP contribution in [0.15, 0.2) is 9.31 Å². The molecule has 1 N–H and O–H groups in total. The largest absolute Gasteiger partial charge is 0.465 e. The average molecular weight is 315 g/mol. The van der Waals surface area contributed by atoms with Crippen LogP contribution in [-0.4, -0.2) is 57.4 Å². The Morgan fingerprint density at radius 2 is 1.95 bits per heavy atom. The number of nitrogens with one attached hydrogen (secondary N) is 1. The van der Waals surface area contributed by atoms with Crippen LogP contribution in [0.25, 0.3) is 0 Å². The molecule has 1 fully saturated rings. The molecule has 0 aromatic carbocycles. The number of nitrogens with zero attached hydrogens (tertiary/aromatic N) is 2. The average Bonchev–Trinajstić information content (AvgIpc) is 2.64. The third-order valence-corrected chi connectivity index (χ3v) is 6.22. The second-order valence-electron chi connectivity index (χ2n) is 5.78. The van der Waals surface area contributed by atoms with Crippen molar-refractivity contribution in [2.24, 2.45) is 0 Å². The van der Waals surface area contributed by atoms with Gasteiger partial charge >= 0.3 is 0 Å². The molecule has 0 aliphatic carbocycles. The van der Waals surface area contributed by atoms with Crippen LogP contribution in [0.3, 0.4) is 0 Å². The molecule has 7 heteroatoms. The summed E-state index contributed by atoms with van der Waals surface area (Å²) in [6, 6.07) is -0.0363. The maximum atomic E-state index is 13.1. The number of piperazine rings is 1. The van der Waals surface area contributed by atoms with Crippen molar-refractivity contribution in [3.63, 3.8) is 0 Å². The van der Waals surface area contributed by atoms with Crippen molar-refractivity contribution in [3.8, 4) is 0 Å². The molecule has 1 aromatic rings. The molecule has 2 rings (SSSR count). The lowest BCUT2D eigenvalue weighted by Crippen LogP contribution is -2.52. The highest BCUT2D eigenvalue weighted by Gasteiger charge is 2.37. The second kappa shape index (κ2) is 6.08. The van der Waals surface area contributed by atoms with Gasteiger partial charge in [-0.1, -0.05) is 0 Å². The number of hydrogen-bond acceptors (Lipinski definition) is 5. The van der Waals surface area contributed by atoms with E-state index >= 15 is 0 Å². The molecule has 0 radical (unpaired) electrons. The Balaban J connectivity index is 2.45. The smallest absolute Gasteiger partial charge is 0.247 e. The Morgan fingerprint density at radius 3 is 2.52 bits per heavy atom. The highest BCUT2D eigenvalue weighted by atomic mass is 32.2. The zero-order chi connectivity index (χ0) is 15.8. The lowest BCUT2D eigenvalue weighted by atomic mass is 10.2. The second-order valence-corrected chi connectivity index (χ2v) is 7.61. The van der Waals surface area contributed by atoms with Crippen molar-refractivity contribution >= 4 is 10.0 Å². The maximum Gasteiger partial charge on any atom is 0.247 e. The SMILES string of the molecule is CNCc1c(C)oc(C)c1S(=O)(=O)N1CCN(C)CC1C. The number of aryl methyl sites for hydroxylation is 2. The van der Waals surface area contributed by atoms with Crippen LogP contribution in [0.5, 0.6) is 0 Å². The van der Waals surface area contributed by atoms with Crippen LogP contribution in [0.2, 0.25) is 0 Å². The summed E-state index contributed by atoms with van der Waals surface area (Å²) in [5, 5.41) is 3.02. The van der Waals surface area contributed by atoms with E-state index in [1.54, 1.807) is 18.3 Å². The fraction of sp³-hybridized carbons (Fsp3) is 0.714. The van der Waals surface area contributed by atoms with Crippen molar-refractivity contribution < 1.29 is 12.8 Å². The summed E-state index contributed by atoms with van der Waals surface area (Å²) >= 11 is 0. The summed E-state index contributed by atoms with van der Waals surface area (Å²) in [5.74, 6) is 1.14. The van der Waals surface area contributed by atoms with Gasteiger partial charge in [0.25, 0.3) is 0 Å². The maximum absolute atomic E-state index is 13.1. The molecule has 21 heavy (non-hydrogen) atoms. The molecule has 1 unspecified atom stereocenters. The van der Waals surface area contributed by atoms with E-state index in [-0.39, 0.29) is 6.04 Å². The Bertz CT molecular complexity index is 609. The van der Waals surface area contributed by atoms with E-state index in [2.05, 4.69) is 10.2 Å². The molecule has 0 bridgehead atoms. The van der Waals surface area contributed by atoms with E-state index in [0.717, 1.165) is 18.7 Å². The van der Waals surface area contributed by atoms with Gasteiger partial charge in [0.2, 0.25) is 10.0 Å². The molecule has 1 aliphatic heterocycles. The molecule has 120 valence electrons. The summed E-state index contributed by atoms with van der Waals surface area (Å²) in [5.41, 5.74) is 0.737. The fourth-order valence-electron chi connectivity index (χ4n) is 3.03. The van der Waals surface area contributed by atoms with Crippen LogP contribution < -0.4 is 5.32 Å². The van der Waals surface area contributed by atoms with Crippen molar-refractivity contribution in [2.75, 3.05) is 33.7 Å². The Hall–Kier alpha value is -0.890. The highest BCUT2D eigenvalue weighted by molar-refractivity contribution is 7.89. The van der Waals surface area contributed by atoms with Gasteiger partial charge in [0.05, 0.1) is 0 Å². The monoisotopic (exact) mass is 315 g/mol. The van der Waals surface area contributed by atoms with Gasteiger partial charge in [0.15, 0.2) is 0 Å². The first-order chi connectivity index (χ1) is 9.78. The molecule has 6 nitrogen and oxygen atoms in total. The van der Waals surface area contributed by atoms with Crippen molar-refractivity contribution in [1.82, 2.24) is 14.5 Å². The first kappa shape index (κ1) is 16.5. The molecule has 0 spiro atoms. The molecule has 1 aromatic heterocycles. The minimum Gasteiger partial charge on any atom is -0.465 e. The number of likely N-dealkylation sites (N-methyl/N-ethyl adjacent to an activating group) is 1. The molecule has 1 saturated heterocycles. The van der Waals surface area contributed by atoms with Gasteiger partial charge in [-0.05, 0) is 34.9 Å². The Morgan fingerprint density at radius 1 is 1.29 bits per heavy atom. The summed E-state index contributed by atoms with van der Waals surface area (Å²) in [6.45, 7) is 7.99. The van der Waals surface area contributed by atoms with Crippen LogP contribution in [0.1, 0.15) is 24.0 Å². The third-order valence-electron chi connectivity index (χ3n) is 4.01. The van der Waals surface area contributed by atoms with E-state index in [0.29, 0.717) is 29.5 Å². The molecular formula is C14H25N3O3S. The van der Waals surface area contributed by atoms with Gasteiger partial charge in [-0.25, -0.2) is 8.42 Å². The Labute approximate surface area is 127 Å². The van der Waals surface area contributed by atoms with Gasteiger partial charge in [0, 0.05) is 37.8 Å². The van der Waals surface area contributed by atoms with E-state index < -0.39 is 10.0 Å². The zero-order valence-electron chi connectivity index (χ0n) is 13.4. The van der Waals surface area contributed by atoms with Gasteiger partial charge < -0.3 is 14.6 Å². The van der Waals surface area contributed by atoms with Crippen molar-refractivity contribution in [3.05, 3.63) is 17.1 Å². The normalized spacial score (nSPS) is 21.9. The first-order valence-corrected chi connectivity index (χ1v) is 8.67. The lowest BCUT2D eigenvalue weighted by Gasteiger charge is -2.37. The minimum absolute atomic E-state index is 0.0363. The minimum atomic E-state index is -3.52. The fourth-order valence-corrected chi connectivity index (χ4v) is 5.06. The van der Waals surface area contributed by atoms with Crippen LogP contribution in [0.4, 0.5) is 0 Å². The van der Waals surface area contributed by atoms with Gasteiger partial charge in [0.1, 0.15) is 16.4 Å². The number of sulfonamides is 1. The van der Waals surface area contributed by atoms with E-state index in [1.807, 2.05) is 20.9 Å². The quantitative estimate of drug-likeness (QED) is 0.896. The van der Waals surface area contributed by atoms with Crippen LogP contribution in [-0.2, 0) is 16.6 Å². The number of rotatable bonds is 4. The molecule has 0 saturated carbocycles. The molecular weight excluding hydrogens is 290 g/mol. The highest BCUT2D eigenvalue weighted by Crippen LogP contribution is 2.30. The van der Waals surface area contributed by atoms with E-state index in [1.165, 1.54) is 0 Å². The predicted octanol–water partition coefficient (Wildman–Crippen LogP) is 0.940. The van der Waals surface area contributed by atoms with E-state index in [4.69, 9.17) is 4.42 Å². The predicted molar refractivity (Wildman–Crippen MR) is 81.8 cm³/mol. The van der Waals surface area contributed by atoms with Gasteiger partial charge in [-0.15, -0.1) is 0 Å². The summed E-state index contributed by atoms with van der Waals surface area (Å²) in [6.07, 6.45) is 0. The van der Waals surface area contributed by atoms with Gasteiger partial charge in [-0.3, -0.25) is 0 Å². The Kier molecular flexibility index (Phi) is 4.77. The summed E-state index contributed by atoms with van der Waals surface area (Å²) in [4.78, 5) is 2.49. The van der Waals surface area contributed by atoms with Gasteiger partial charge in [-0.2, -0.15) is 4.31 Å². The number of furan rings is 1. The molecule has 1 atom stereocenters. The first-order valence-electron chi connectivity index (χ1n) is 7.23. The standard InChI is InChI=1S/C14H25N3O3S/c1-10-9-16(5)6-7-17(10)21(18,19)14-12(3)20-11(2)13(14)8-15-4/h10,15H,6-9H2,1-5H3. The number of hydrogen-bond donors (Lipinski definition) is 1. The molecule has 0 amide bonds. The topological polar surface area (TPSA) is 65.8 Å². The third kappa shape index (κ3) is 3.01. The van der Waals surface area contributed by atoms with E-state index in [9.17, 15) is 8.42 Å². The van der Waals surface area contributed by atoms with Crippen molar-refractivity contribution in [2.45, 2.75) is 38.3 Å². The van der Waals surface area contributed by atoms with Crippen molar-refractivity contribution in [1.29, 1.82) is 0 Å². The van der Waals surface area contributed by atoms with Crippen LogP contribution in [0, 0.1) is 13.8 Å². The summed E-state index contributed by atoms with van der Waals surface area (Å²) in [7, 11) is 0.292.